The van der Waals surface area contributed by atoms with E-state index in [1.165, 1.54) is 0 Å². The number of hydrogen-bond donors (Lipinski definition) is 1. The summed E-state index contributed by atoms with van der Waals surface area (Å²) in [4.78, 5) is 0. The number of rotatable bonds is 3. The third-order valence-electron chi connectivity index (χ3n) is 1.28. The van der Waals surface area contributed by atoms with Crippen LogP contribution < -0.4 is 0 Å². The van der Waals surface area contributed by atoms with E-state index in [2.05, 4.69) is 0 Å². The fraction of sp³-hybridized carbons (Fsp3) is 1.00. The highest BCUT2D eigenvalue weighted by atomic mass is 19.3. The van der Waals surface area contributed by atoms with Gasteiger partial charge < -0.3 is 5.11 Å². The van der Waals surface area contributed by atoms with Gasteiger partial charge in [0.05, 0.1) is 0 Å². The molecule has 0 bridgehead atoms. The molecule has 0 aliphatic heterocycles. The summed E-state index contributed by atoms with van der Waals surface area (Å²) < 4.78 is 24.5. The monoisotopic (exact) mass is 152 g/mol. The smallest absolute Gasteiger partial charge is 0.270 e. The molecule has 1 atom stereocenters. The Labute approximate surface area is 60.1 Å². The molecule has 0 saturated heterocycles. The molecule has 0 rings (SSSR count). The molecule has 0 aromatic heterocycles. The molecule has 1 unspecified atom stereocenters. The first kappa shape index (κ1) is 9.82. The lowest BCUT2D eigenvalue weighted by Gasteiger charge is -2.19. The molecule has 62 valence electrons. The largest absolute Gasteiger partial charge is 0.387 e. The van der Waals surface area contributed by atoms with Gasteiger partial charge in [0.15, 0.2) is 0 Å². The van der Waals surface area contributed by atoms with Gasteiger partial charge in [0, 0.05) is 6.92 Å². The summed E-state index contributed by atoms with van der Waals surface area (Å²) in [5.74, 6) is -2.84. The number of hydrogen-bond acceptors (Lipinski definition) is 1. The van der Waals surface area contributed by atoms with Crippen molar-refractivity contribution < 1.29 is 13.9 Å². The molecule has 0 amide bonds. The van der Waals surface area contributed by atoms with Crippen molar-refractivity contribution in [1.29, 1.82) is 0 Å². The predicted molar refractivity (Wildman–Crippen MR) is 36.1 cm³/mol. The Morgan fingerprint density at radius 1 is 1.40 bits per heavy atom. The van der Waals surface area contributed by atoms with E-state index in [4.69, 9.17) is 5.11 Å². The van der Waals surface area contributed by atoms with E-state index in [0.717, 1.165) is 6.92 Å². The molecule has 0 aromatic carbocycles. The van der Waals surface area contributed by atoms with Crippen LogP contribution in [0.3, 0.4) is 0 Å². The maximum absolute atomic E-state index is 12.2. The van der Waals surface area contributed by atoms with Crippen LogP contribution in [0, 0.1) is 5.92 Å². The van der Waals surface area contributed by atoms with Gasteiger partial charge >= 0.3 is 0 Å². The van der Waals surface area contributed by atoms with Gasteiger partial charge in [0.1, 0.15) is 6.10 Å². The van der Waals surface area contributed by atoms with Crippen molar-refractivity contribution >= 4 is 0 Å². The van der Waals surface area contributed by atoms with Crippen LogP contribution >= 0.6 is 0 Å². The first-order chi connectivity index (χ1) is 4.34. The van der Waals surface area contributed by atoms with Crippen molar-refractivity contribution in [3.8, 4) is 0 Å². The normalized spacial score (nSPS) is 15.9. The van der Waals surface area contributed by atoms with Gasteiger partial charge in [-0.3, -0.25) is 0 Å². The van der Waals surface area contributed by atoms with Crippen LogP contribution in [0.25, 0.3) is 0 Å². The fourth-order valence-electron chi connectivity index (χ4n) is 0.653. The molecule has 0 aliphatic rings. The maximum Gasteiger partial charge on any atom is 0.270 e. The maximum atomic E-state index is 12.2. The lowest BCUT2D eigenvalue weighted by Crippen LogP contribution is -2.30. The Morgan fingerprint density at radius 3 is 1.90 bits per heavy atom. The lowest BCUT2D eigenvalue weighted by molar-refractivity contribution is -0.1000. The van der Waals surface area contributed by atoms with Gasteiger partial charge in [-0.1, -0.05) is 13.8 Å². The molecule has 0 saturated carbocycles. The van der Waals surface area contributed by atoms with Crippen LogP contribution in [-0.2, 0) is 0 Å². The number of aliphatic hydroxyl groups is 1. The minimum absolute atomic E-state index is 0.112. The summed E-state index contributed by atoms with van der Waals surface area (Å²) in [6, 6.07) is 0. The zero-order chi connectivity index (χ0) is 8.36. The van der Waals surface area contributed by atoms with E-state index >= 15 is 0 Å². The van der Waals surface area contributed by atoms with Crippen molar-refractivity contribution in [3.63, 3.8) is 0 Å². The molecule has 0 fully saturated rings. The van der Waals surface area contributed by atoms with Crippen LogP contribution in [0.4, 0.5) is 8.78 Å². The van der Waals surface area contributed by atoms with E-state index in [0.29, 0.717) is 0 Å². The zero-order valence-electron chi connectivity index (χ0n) is 6.56. The van der Waals surface area contributed by atoms with Crippen LogP contribution in [0.15, 0.2) is 0 Å². The second kappa shape index (κ2) is 3.28. The van der Waals surface area contributed by atoms with Crippen molar-refractivity contribution in [2.45, 2.75) is 39.2 Å². The first-order valence-corrected chi connectivity index (χ1v) is 3.40. The molecule has 10 heavy (non-hydrogen) atoms. The number of aliphatic hydroxyl groups excluding tert-OH is 1. The third kappa shape index (κ3) is 3.77. The molecule has 0 radical (unpaired) electrons. The summed E-state index contributed by atoms with van der Waals surface area (Å²) in [7, 11) is 0. The summed E-state index contributed by atoms with van der Waals surface area (Å²) >= 11 is 0. The van der Waals surface area contributed by atoms with Gasteiger partial charge in [-0.15, -0.1) is 0 Å². The fourth-order valence-corrected chi connectivity index (χ4v) is 0.653. The van der Waals surface area contributed by atoms with Gasteiger partial charge in [-0.05, 0) is 12.3 Å². The van der Waals surface area contributed by atoms with Crippen molar-refractivity contribution in [2.75, 3.05) is 0 Å². The molecule has 0 aliphatic carbocycles. The number of halogens is 2. The van der Waals surface area contributed by atoms with Gasteiger partial charge in [-0.2, -0.15) is 0 Å². The van der Waals surface area contributed by atoms with Crippen molar-refractivity contribution in [1.82, 2.24) is 0 Å². The van der Waals surface area contributed by atoms with E-state index in [-0.39, 0.29) is 12.3 Å². The molecular weight excluding hydrogens is 138 g/mol. The topological polar surface area (TPSA) is 20.2 Å². The molecule has 0 aromatic rings. The Morgan fingerprint density at radius 2 is 1.80 bits per heavy atom. The SMILES string of the molecule is CC(C)CC(O)C(C)(F)F. The van der Waals surface area contributed by atoms with E-state index in [1.807, 2.05) is 0 Å². The predicted octanol–water partition coefficient (Wildman–Crippen LogP) is 2.05. The molecule has 3 heteroatoms. The molecule has 0 spiro atoms. The third-order valence-corrected chi connectivity index (χ3v) is 1.28. The highest BCUT2D eigenvalue weighted by Crippen LogP contribution is 2.22. The minimum Gasteiger partial charge on any atom is -0.387 e. The second-order valence-corrected chi connectivity index (χ2v) is 3.10. The molecular formula is C7H14F2O. The van der Waals surface area contributed by atoms with Gasteiger partial charge in [0.2, 0.25) is 0 Å². The summed E-state index contributed by atoms with van der Waals surface area (Å²) in [5, 5.41) is 8.81. The Kier molecular flexibility index (Phi) is 3.22. The second-order valence-electron chi connectivity index (χ2n) is 3.10. The summed E-state index contributed by atoms with van der Waals surface area (Å²) in [6.07, 6.45) is -1.34. The Hall–Kier alpha value is -0.180. The highest BCUT2D eigenvalue weighted by molar-refractivity contribution is 4.71. The molecule has 1 nitrogen and oxygen atoms in total. The minimum atomic E-state index is -2.95. The Bertz CT molecular complexity index is 96.3. The standard InChI is InChI=1S/C7H14F2O/c1-5(2)4-6(10)7(3,8)9/h5-6,10H,4H2,1-3H3. The van der Waals surface area contributed by atoms with Gasteiger partial charge in [-0.25, -0.2) is 8.78 Å². The van der Waals surface area contributed by atoms with E-state index < -0.39 is 12.0 Å². The van der Waals surface area contributed by atoms with Crippen LogP contribution in [0.5, 0.6) is 0 Å². The highest BCUT2D eigenvalue weighted by Gasteiger charge is 2.32. The van der Waals surface area contributed by atoms with Crippen molar-refractivity contribution in [2.24, 2.45) is 5.92 Å². The van der Waals surface area contributed by atoms with E-state index in [9.17, 15) is 8.78 Å². The number of alkyl halides is 2. The molecule has 1 N–H and O–H groups in total. The lowest BCUT2D eigenvalue weighted by atomic mass is 10.0. The Balaban J connectivity index is 3.73. The molecule has 0 heterocycles. The van der Waals surface area contributed by atoms with E-state index in [1.54, 1.807) is 13.8 Å². The summed E-state index contributed by atoms with van der Waals surface area (Å²) in [6.45, 7) is 4.34. The first-order valence-electron chi connectivity index (χ1n) is 3.40. The average molecular weight is 152 g/mol. The average Bonchev–Trinajstić information content (AvgIpc) is 1.60. The van der Waals surface area contributed by atoms with Crippen molar-refractivity contribution in [3.05, 3.63) is 0 Å². The van der Waals surface area contributed by atoms with Crippen LogP contribution in [-0.4, -0.2) is 17.1 Å². The van der Waals surface area contributed by atoms with Crippen LogP contribution in [0.1, 0.15) is 27.2 Å². The quantitative estimate of drug-likeness (QED) is 0.656. The van der Waals surface area contributed by atoms with Crippen LogP contribution in [0.2, 0.25) is 0 Å². The van der Waals surface area contributed by atoms with Gasteiger partial charge in [0.25, 0.3) is 5.92 Å². The summed E-state index contributed by atoms with van der Waals surface area (Å²) in [5.41, 5.74) is 0. The zero-order valence-corrected chi connectivity index (χ0v) is 6.56.